The Labute approximate surface area is 163 Å². The number of amides is 4. The van der Waals surface area contributed by atoms with Gasteiger partial charge in [0.2, 0.25) is 5.91 Å². The molecule has 28 heavy (non-hydrogen) atoms. The lowest BCUT2D eigenvalue weighted by Crippen LogP contribution is -2.46. The first kappa shape index (κ1) is 19.9. The van der Waals surface area contributed by atoms with Crippen LogP contribution in [0.1, 0.15) is 32.3 Å². The highest BCUT2D eigenvalue weighted by Crippen LogP contribution is 2.31. The van der Waals surface area contributed by atoms with Crippen molar-refractivity contribution in [1.82, 2.24) is 15.1 Å². The molecule has 1 saturated heterocycles. The molecule has 1 aromatic rings. The summed E-state index contributed by atoms with van der Waals surface area (Å²) >= 11 is 0. The highest BCUT2D eigenvalue weighted by Gasteiger charge is 2.49. The molecule has 0 spiro atoms. The highest BCUT2D eigenvalue weighted by molar-refractivity contribution is 6.09. The second kappa shape index (κ2) is 8.00. The molecule has 1 N–H and O–H groups in total. The normalized spacial score (nSPS) is 21.4. The maximum absolute atomic E-state index is 12.9. The van der Waals surface area contributed by atoms with Crippen LogP contribution < -0.4 is 5.32 Å². The van der Waals surface area contributed by atoms with Gasteiger partial charge in [-0.1, -0.05) is 30.3 Å². The van der Waals surface area contributed by atoms with Crippen molar-refractivity contribution in [2.75, 3.05) is 26.2 Å². The summed E-state index contributed by atoms with van der Waals surface area (Å²) in [6.07, 6.45) is 2.00. The van der Waals surface area contributed by atoms with Crippen LogP contribution in [0, 0.1) is 5.92 Å². The smallest absolute Gasteiger partial charge is 0.325 e. The van der Waals surface area contributed by atoms with Gasteiger partial charge >= 0.3 is 12.0 Å². The Morgan fingerprint density at radius 2 is 1.93 bits per heavy atom. The summed E-state index contributed by atoms with van der Waals surface area (Å²) in [6, 6.07) is 8.27. The van der Waals surface area contributed by atoms with Crippen LogP contribution >= 0.6 is 0 Å². The van der Waals surface area contributed by atoms with E-state index in [2.05, 4.69) is 5.32 Å². The average molecular weight is 387 g/mol. The number of hydrogen-bond donors (Lipinski definition) is 1. The number of urea groups is 1. The van der Waals surface area contributed by atoms with Gasteiger partial charge in [-0.3, -0.25) is 19.3 Å². The Balaban J connectivity index is 1.71. The van der Waals surface area contributed by atoms with Crippen molar-refractivity contribution in [2.45, 2.75) is 32.2 Å². The van der Waals surface area contributed by atoms with Crippen molar-refractivity contribution in [2.24, 2.45) is 5.92 Å². The molecule has 0 aromatic heterocycles. The van der Waals surface area contributed by atoms with E-state index in [0.29, 0.717) is 18.0 Å². The molecule has 2 fully saturated rings. The first-order valence-corrected chi connectivity index (χ1v) is 9.48. The van der Waals surface area contributed by atoms with E-state index >= 15 is 0 Å². The van der Waals surface area contributed by atoms with Gasteiger partial charge in [0.25, 0.3) is 5.91 Å². The molecular formula is C20H25N3O5. The van der Waals surface area contributed by atoms with E-state index in [1.807, 2.05) is 6.07 Å². The van der Waals surface area contributed by atoms with Crippen LogP contribution in [0.3, 0.4) is 0 Å². The molecule has 8 heteroatoms. The molecule has 8 nitrogen and oxygen atoms in total. The van der Waals surface area contributed by atoms with Gasteiger partial charge in [0.15, 0.2) is 0 Å². The van der Waals surface area contributed by atoms with Crippen molar-refractivity contribution >= 4 is 23.8 Å². The molecule has 150 valence electrons. The number of nitrogens with zero attached hydrogens (tertiary/aromatic N) is 2. The minimum absolute atomic E-state index is 0.178. The van der Waals surface area contributed by atoms with E-state index < -0.39 is 35.9 Å². The van der Waals surface area contributed by atoms with Gasteiger partial charge in [0.1, 0.15) is 18.6 Å². The SMILES string of the molecule is CCOC(=O)CN(CC1CC1)C(=O)CN1C(=O)NC(C)(c2ccccc2)C1=O. The second-order valence-corrected chi connectivity index (χ2v) is 7.34. The van der Waals surface area contributed by atoms with Crippen molar-refractivity contribution < 1.29 is 23.9 Å². The number of carbonyl (C=O) groups is 4. The zero-order valence-corrected chi connectivity index (χ0v) is 16.1. The lowest BCUT2D eigenvalue weighted by molar-refractivity contribution is -0.149. The van der Waals surface area contributed by atoms with Crippen LogP contribution in [0.4, 0.5) is 4.79 Å². The Morgan fingerprint density at radius 3 is 2.54 bits per heavy atom. The number of carbonyl (C=O) groups excluding carboxylic acids is 4. The van der Waals surface area contributed by atoms with Gasteiger partial charge in [0.05, 0.1) is 6.61 Å². The van der Waals surface area contributed by atoms with E-state index in [0.717, 1.165) is 17.7 Å². The first-order valence-electron chi connectivity index (χ1n) is 9.48. The number of rotatable bonds is 8. The molecule has 1 aliphatic heterocycles. The molecule has 1 aromatic carbocycles. The third kappa shape index (κ3) is 4.16. The zero-order valence-electron chi connectivity index (χ0n) is 16.1. The average Bonchev–Trinajstić information content (AvgIpc) is 3.46. The third-order valence-corrected chi connectivity index (χ3v) is 5.07. The van der Waals surface area contributed by atoms with Gasteiger partial charge in [-0.25, -0.2) is 4.79 Å². The second-order valence-electron chi connectivity index (χ2n) is 7.34. The predicted molar refractivity (Wildman–Crippen MR) is 100.0 cm³/mol. The van der Waals surface area contributed by atoms with Crippen molar-refractivity contribution in [3.05, 3.63) is 35.9 Å². The fourth-order valence-electron chi connectivity index (χ4n) is 3.27. The lowest BCUT2D eigenvalue weighted by Gasteiger charge is -2.25. The predicted octanol–water partition coefficient (Wildman–Crippen LogP) is 1.26. The molecule has 0 radical (unpaired) electrons. The zero-order chi connectivity index (χ0) is 20.3. The van der Waals surface area contributed by atoms with Gasteiger partial charge in [-0.2, -0.15) is 0 Å². The minimum Gasteiger partial charge on any atom is -0.465 e. The number of benzene rings is 1. The summed E-state index contributed by atoms with van der Waals surface area (Å²) in [7, 11) is 0. The Kier molecular flexibility index (Phi) is 5.67. The Bertz CT molecular complexity index is 777. The fraction of sp³-hybridized carbons (Fsp3) is 0.500. The van der Waals surface area contributed by atoms with Crippen LogP contribution in [0.5, 0.6) is 0 Å². The molecule has 1 saturated carbocycles. The molecule has 1 aliphatic carbocycles. The van der Waals surface area contributed by atoms with E-state index in [4.69, 9.17) is 4.74 Å². The van der Waals surface area contributed by atoms with Crippen molar-refractivity contribution in [1.29, 1.82) is 0 Å². The maximum atomic E-state index is 12.9. The Morgan fingerprint density at radius 1 is 1.25 bits per heavy atom. The fourth-order valence-corrected chi connectivity index (χ4v) is 3.27. The molecule has 0 bridgehead atoms. The standard InChI is InChI=1S/C20H25N3O5/c1-3-28-17(25)13-22(11-14-9-10-14)16(24)12-23-18(26)20(2,21-19(23)27)15-7-5-4-6-8-15/h4-8,14H,3,9-13H2,1-2H3,(H,21,27). The van der Waals surface area contributed by atoms with Gasteiger partial charge in [0, 0.05) is 6.54 Å². The molecule has 3 rings (SSSR count). The van der Waals surface area contributed by atoms with Crippen LogP contribution in [0.2, 0.25) is 0 Å². The maximum Gasteiger partial charge on any atom is 0.325 e. The van der Waals surface area contributed by atoms with Gasteiger partial charge in [-0.05, 0) is 38.2 Å². The number of imide groups is 1. The van der Waals surface area contributed by atoms with Crippen molar-refractivity contribution in [3.63, 3.8) is 0 Å². The van der Waals surface area contributed by atoms with E-state index in [9.17, 15) is 19.2 Å². The van der Waals surface area contributed by atoms with E-state index in [-0.39, 0.29) is 13.2 Å². The summed E-state index contributed by atoms with van der Waals surface area (Å²) in [6.45, 7) is 3.39. The largest absolute Gasteiger partial charge is 0.465 e. The molecule has 1 heterocycles. The van der Waals surface area contributed by atoms with Crippen LogP contribution in [-0.4, -0.2) is 59.9 Å². The molecular weight excluding hydrogens is 362 g/mol. The van der Waals surface area contributed by atoms with E-state index in [1.54, 1.807) is 38.1 Å². The van der Waals surface area contributed by atoms with E-state index in [1.165, 1.54) is 4.90 Å². The van der Waals surface area contributed by atoms with Gasteiger partial charge < -0.3 is 15.0 Å². The summed E-state index contributed by atoms with van der Waals surface area (Å²) in [5.74, 6) is -1.07. The number of esters is 1. The lowest BCUT2D eigenvalue weighted by atomic mass is 9.92. The summed E-state index contributed by atoms with van der Waals surface area (Å²) in [4.78, 5) is 52.3. The molecule has 4 amide bonds. The third-order valence-electron chi connectivity index (χ3n) is 5.07. The first-order chi connectivity index (χ1) is 13.3. The van der Waals surface area contributed by atoms with Crippen LogP contribution in [-0.2, 0) is 24.7 Å². The number of hydrogen-bond acceptors (Lipinski definition) is 5. The topological polar surface area (TPSA) is 96.0 Å². The summed E-state index contributed by atoms with van der Waals surface area (Å²) < 4.78 is 4.94. The quantitative estimate of drug-likeness (QED) is 0.535. The summed E-state index contributed by atoms with van der Waals surface area (Å²) in [5.41, 5.74) is -0.578. The van der Waals surface area contributed by atoms with Crippen LogP contribution in [0.25, 0.3) is 0 Å². The van der Waals surface area contributed by atoms with Gasteiger partial charge in [-0.15, -0.1) is 0 Å². The van der Waals surface area contributed by atoms with Crippen LogP contribution in [0.15, 0.2) is 30.3 Å². The Hall–Kier alpha value is -2.90. The number of nitrogens with one attached hydrogen (secondary N) is 1. The molecule has 2 aliphatic rings. The molecule has 1 atom stereocenters. The summed E-state index contributed by atoms with van der Waals surface area (Å²) in [5, 5.41) is 2.68. The highest BCUT2D eigenvalue weighted by atomic mass is 16.5. The van der Waals surface area contributed by atoms with Crippen molar-refractivity contribution in [3.8, 4) is 0 Å². The monoisotopic (exact) mass is 387 g/mol. The number of ether oxygens (including phenoxy) is 1. The molecule has 1 unspecified atom stereocenters. The minimum atomic E-state index is -1.22.